The zero-order valence-corrected chi connectivity index (χ0v) is 21.6. The number of nitrogens with one attached hydrogen (secondary N) is 1. The van der Waals surface area contributed by atoms with Crippen LogP contribution in [0.5, 0.6) is 0 Å². The molecule has 3 aromatic heterocycles. The molecule has 0 fully saturated rings. The van der Waals surface area contributed by atoms with Crippen molar-refractivity contribution in [3.05, 3.63) is 32.3 Å². The lowest BCUT2D eigenvalue weighted by molar-refractivity contribution is -0.113. The number of carbonyl (C=O) groups is 2. The predicted octanol–water partition coefficient (Wildman–Crippen LogP) is 5.44. The molecular formula is C23H28N4O3S3. The lowest BCUT2D eigenvalue weighted by Crippen LogP contribution is -2.16. The Kier molecular flexibility index (Phi) is 7.87. The molecule has 33 heavy (non-hydrogen) atoms. The first kappa shape index (κ1) is 24.0. The van der Waals surface area contributed by atoms with E-state index in [9.17, 15) is 9.59 Å². The highest BCUT2D eigenvalue weighted by Gasteiger charge is 2.23. The number of thioether (sulfide) groups is 1. The highest BCUT2D eigenvalue weighted by molar-refractivity contribution is 7.99. The van der Waals surface area contributed by atoms with Crippen molar-refractivity contribution in [1.29, 1.82) is 0 Å². The number of ether oxygens (including phenoxy) is 1. The van der Waals surface area contributed by atoms with Crippen LogP contribution in [0.3, 0.4) is 0 Å². The molecule has 0 aromatic carbocycles. The molecule has 0 atom stereocenters. The van der Waals surface area contributed by atoms with E-state index in [-0.39, 0.29) is 11.7 Å². The molecule has 0 saturated heterocycles. The fraction of sp³-hybridized carbons (Fsp3) is 0.478. The van der Waals surface area contributed by atoms with Gasteiger partial charge in [0.05, 0.1) is 17.9 Å². The molecular weight excluding hydrogens is 476 g/mol. The van der Waals surface area contributed by atoms with Crippen molar-refractivity contribution in [3.8, 4) is 11.4 Å². The molecule has 1 N–H and O–H groups in total. The SMILES string of the molecule is CCOC(=O)c1cc(CC)sc1NC(=O)CSc1nnc(-c2csc3c2CCCC3)n1CC. The summed E-state index contributed by atoms with van der Waals surface area (Å²) in [5, 5.41) is 15.2. The summed E-state index contributed by atoms with van der Waals surface area (Å²) in [7, 11) is 0. The summed E-state index contributed by atoms with van der Waals surface area (Å²) in [6, 6.07) is 1.80. The van der Waals surface area contributed by atoms with Crippen LogP contribution >= 0.6 is 34.4 Å². The molecule has 7 nitrogen and oxygen atoms in total. The van der Waals surface area contributed by atoms with E-state index in [0.717, 1.165) is 41.7 Å². The molecule has 4 rings (SSSR count). The number of rotatable bonds is 9. The van der Waals surface area contributed by atoms with Crippen molar-refractivity contribution in [1.82, 2.24) is 14.8 Å². The van der Waals surface area contributed by atoms with E-state index >= 15 is 0 Å². The van der Waals surface area contributed by atoms with Crippen LogP contribution in [0.1, 0.15) is 59.3 Å². The molecule has 0 unspecified atom stereocenters. The second-order valence-corrected chi connectivity index (χ2v) is 10.7. The third-order valence-electron chi connectivity index (χ3n) is 5.55. The predicted molar refractivity (Wildman–Crippen MR) is 135 cm³/mol. The number of carbonyl (C=O) groups excluding carboxylic acids is 2. The minimum Gasteiger partial charge on any atom is -0.462 e. The first-order valence-electron chi connectivity index (χ1n) is 11.3. The number of hydrogen-bond acceptors (Lipinski definition) is 8. The van der Waals surface area contributed by atoms with Crippen LogP contribution in [0.15, 0.2) is 16.6 Å². The van der Waals surface area contributed by atoms with Crippen molar-refractivity contribution in [2.24, 2.45) is 0 Å². The molecule has 0 saturated carbocycles. The number of amides is 1. The van der Waals surface area contributed by atoms with E-state index in [1.165, 1.54) is 51.9 Å². The number of anilines is 1. The number of thiophene rings is 2. The highest BCUT2D eigenvalue weighted by atomic mass is 32.2. The quantitative estimate of drug-likeness (QED) is 0.309. The fourth-order valence-electron chi connectivity index (χ4n) is 3.92. The minimum atomic E-state index is -0.411. The van der Waals surface area contributed by atoms with E-state index in [1.807, 2.05) is 18.3 Å². The topological polar surface area (TPSA) is 86.1 Å². The summed E-state index contributed by atoms with van der Waals surface area (Å²) >= 11 is 4.59. The summed E-state index contributed by atoms with van der Waals surface area (Å²) < 4.78 is 7.22. The third kappa shape index (κ3) is 5.17. The van der Waals surface area contributed by atoms with Crippen LogP contribution < -0.4 is 5.32 Å². The zero-order chi connectivity index (χ0) is 23.4. The van der Waals surface area contributed by atoms with Gasteiger partial charge in [0.1, 0.15) is 5.00 Å². The second-order valence-electron chi connectivity index (χ2n) is 7.68. The molecule has 176 valence electrons. The molecule has 3 heterocycles. The third-order valence-corrected chi connectivity index (χ3v) is 8.80. The molecule has 10 heteroatoms. The molecule has 3 aromatic rings. The van der Waals surface area contributed by atoms with Crippen molar-refractivity contribution in [3.63, 3.8) is 0 Å². The number of fused-ring (bicyclic) bond motifs is 1. The Morgan fingerprint density at radius 3 is 2.79 bits per heavy atom. The van der Waals surface area contributed by atoms with Gasteiger partial charge < -0.3 is 14.6 Å². The fourth-order valence-corrected chi connectivity index (χ4v) is 6.85. The molecule has 0 spiro atoms. The maximum atomic E-state index is 12.7. The van der Waals surface area contributed by atoms with Crippen molar-refractivity contribution in [2.75, 3.05) is 17.7 Å². The van der Waals surface area contributed by atoms with E-state index < -0.39 is 5.97 Å². The smallest absolute Gasteiger partial charge is 0.341 e. The number of aromatic nitrogens is 3. The molecule has 1 aliphatic rings. The van der Waals surface area contributed by atoms with Gasteiger partial charge in [0.15, 0.2) is 11.0 Å². The summed E-state index contributed by atoms with van der Waals surface area (Å²) in [5.74, 6) is 0.470. The largest absolute Gasteiger partial charge is 0.462 e. The highest BCUT2D eigenvalue weighted by Crippen LogP contribution is 2.37. The van der Waals surface area contributed by atoms with Gasteiger partial charge in [-0.3, -0.25) is 4.79 Å². The van der Waals surface area contributed by atoms with Gasteiger partial charge in [-0.1, -0.05) is 18.7 Å². The van der Waals surface area contributed by atoms with E-state index in [2.05, 4.69) is 32.4 Å². The summed E-state index contributed by atoms with van der Waals surface area (Å²) in [6.07, 6.45) is 5.51. The average molecular weight is 505 g/mol. The van der Waals surface area contributed by atoms with Gasteiger partial charge in [0, 0.05) is 27.2 Å². The Morgan fingerprint density at radius 1 is 1.21 bits per heavy atom. The zero-order valence-electron chi connectivity index (χ0n) is 19.1. The maximum absolute atomic E-state index is 12.7. The van der Waals surface area contributed by atoms with E-state index in [0.29, 0.717) is 17.2 Å². The summed E-state index contributed by atoms with van der Waals surface area (Å²) in [5.41, 5.74) is 3.02. The Morgan fingerprint density at radius 2 is 2.03 bits per heavy atom. The van der Waals surface area contributed by atoms with Crippen LogP contribution in [0.2, 0.25) is 0 Å². The van der Waals surface area contributed by atoms with Gasteiger partial charge in [-0.15, -0.1) is 32.9 Å². The first-order chi connectivity index (χ1) is 16.0. The number of aryl methyl sites for hydroxylation is 2. The Balaban J connectivity index is 1.46. The molecule has 1 aliphatic carbocycles. The molecule has 0 bridgehead atoms. The first-order valence-corrected chi connectivity index (χ1v) is 14.0. The van der Waals surface area contributed by atoms with Crippen LogP contribution in [0.25, 0.3) is 11.4 Å². The summed E-state index contributed by atoms with van der Waals surface area (Å²) in [6.45, 7) is 6.88. The number of nitrogens with zero attached hydrogens (tertiary/aromatic N) is 3. The van der Waals surface area contributed by atoms with Crippen LogP contribution in [-0.2, 0) is 35.3 Å². The number of hydrogen-bond donors (Lipinski definition) is 1. The Bertz CT molecular complexity index is 1150. The minimum absolute atomic E-state index is 0.182. The second kappa shape index (κ2) is 10.8. The number of esters is 1. The van der Waals surface area contributed by atoms with Crippen molar-refractivity contribution in [2.45, 2.75) is 64.6 Å². The Hall–Kier alpha value is -2.17. The van der Waals surface area contributed by atoms with Gasteiger partial charge >= 0.3 is 5.97 Å². The van der Waals surface area contributed by atoms with Crippen LogP contribution in [0.4, 0.5) is 5.00 Å². The van der Waals surface area contributed by atoms with Gasteiger partial charge in [-0.2, -0.15) is 0 Å². The van der Waals surface area contributed by atoms with Gasteiger partial charge in [0.25, 0.3) is 0 Å². The van der Waals surface area contributed by atoms with Crippen molar-refractivity contribution < 1.29 is 14.3 Å². The standard InChI is InChI=1S/C23H28N4O3S3/c1-4-14-11-16(22(29)30-6-3)21(33-14)24-19(28)13-32-23-26-25-20(27(23)5-2)17-12-31-18-10-8-7-9-15(17)18/h11-12H,4-10,13H2,1-3H3,(H,24,28). The van der Waals surface area contributed by atoms with E-state index in [4.69, 9.17) is 4.74 Å². The van der Waals surface area contributed by atoms with Gasteiger partial charge in [-0.05, 0) is 57.6 Å². The van der Waals surface area contributed by atoms with Crippen molar-refractivity contribution >= 4 is 51.3 Å². The normalized spacial score (nSPS) is 13.1. The molecule has 0 aliphatic heterocycles. The lowest BCUT2D eigenvalue weighted by atomic mass is 9.96. The maximum Gasteiger partial charge on any atom is 0.341 e. The monoisotopic (exact) mass is 504 g/mol. The van der Waals surface area contributed by atoms with Gasteiger partial charge in [0.2, 0.25) is 5.91 Å². The molecule has 0 radical (unpaired) electrons. The summed E-state index contributed by atoms with van der Waals surface area (Å²) in [4.78, 5) is 27.5. The van der Waals surface area contributed by atoms with Crippen LogP contribution in [-0.4, -0.2) is 39.0 Å². The van der Waals surface area contributed by atoms with Crippen LogP contribution in [0, 0.1) is 0 Å². The molecule has 1 amide bonds. The lowest BCUT2D eigenvalue weighted by Gasteiger charge is -2.13. The van der Waals surface area contributed by atoms with E-state index in [1.54, 1.807) is 13.0 Å². The van der Waals surface area contributed by atoms with Gasteiger partial charge in [-0.25, -0.2) is 4.79 Å². The Labute approximate surface area is 206 Å². The average Bonchev–Trinajstić information content (AvgIpc) is 3.53.